The van der Waals surface area contributed by atoms with Crippen LogP contribution in [-0.4, -0.2) is 18.0 Å². The van der Waals surface area contributed by atoms with Crippen LogP contribution in [0.5, 0.6) is 0 Å². The number of aliphatic hydroxyl groups excluding tert-OH is 1. The van der Waals surface area contributed by atoms with Gasteiger partial charge in [-0.15, -0.1) is 0 Å². The van der Waals surface area contributed by atoms with Crippen molar-refractivity contribution in [1.82, 2.24) is 0 Å². The Morgan fingerprint density at radius 1 is 1.27 bits per heavy atom. The molecule has 0 fully saturated rings. The van der Waals surface area contributed by atoms with Crippen molar-refractivity contribution in [1.29, 1.82) is 0 Å². The summed E-state index contributed by atoms with van der Waals surface area (Å²) in [7, 11) is 0. The molecule has 0 aromatic rings. The first-order valence-electron chi connectivity index (χ1n) is 5.35. The summed E-state index contributed by atoms with van der Waals surface area (Å²) in [5.74, 6) is 0.743. The van der Waals surface area contributed by atoms with Crippen LogP contribution >= 0.6 is 0 Å². The Kier molecular flexibility index (Phi) is 9.23. The molecule has 2 atom stereocenters. The molecular weight excluding hydrogens is 183 g/mol. The van der Waals surface area contributed by atoms with Crippen molar-refractivity contribution in [2.75, 3.05) is 6.61 Å². The van der Waals surface area contributed by atoms with Crippen molar-refractivity contribution >= 4 is 0 Å². The third-order valence-electron chi connectivity index (χ3n) is 2.16. The maximum Gasteiger partial charge on any atom is 1.00 e. The predicted octanol–water partition coefficient (Wildman–Crippen LogP) is -0.132. The van der Waals surface area contributed by atoms with E-state index in [2.05, 4.69) is 41.5 Å². The molecule has 0 aliphatic rings. The Morgan fingerprint density at radius 2 is 1.73 bits per heavy atom. The number of rotatable bonds is 5. The zero-order valence-electron chi connectivity index (χ0n) is 11.2. The molecule has 15 heavy (non-hydrogen) atoms. The van der Waals surface area contributed by atoms with Gasteiger partial charge in [-0.1, -0.05) is 40.5 Å². The van der Waals surface area contributed by atoms with Crippen LogP contribution in [0.15, 0.2) is 0 Å². The van der Waals surface area contributed by atoms with E-state index in [1.54, 1.807) is 0 Å². The van der Waals surface area contributed by atoms with E-state index in [9.17, 15) is 5.11 Å². The molecule has 0 aliphatic carbocycles. The summed E-state index contributed by atoms with van der Waals surface area (Å²) < 4.78 is 5.34. The van der Waals surface area contributed by atoms with Crippen LogP contribution in [0.25, 0.3) is 0 Å². The normalized spacial score (nSPS) is 16.0. The zero-order chi connectivity index (χ0) is 11.4. The quantitative estimate of drug-likeness (QED) is 0.387. The van der Waals surface area contributed by atoms with Crippen LogP contribution < -0.4 is 18.9 Å². The second-order valence-corrected chi connectivity index (χ2v) is 5.57. The molecule has 0 amide bonds. The molecule has 3 heteroatoms. The Bertz CT molecular complexity index is 152. The van der Waals surface area contributed by atoms with E-state index in [1.165, 1.54) is 0 Å². The van der Waals surface area contributed by atoms with E-state index in [1.807, 2.05) is 0 Å². The Hall–Kier alpha value is 0.517. The van der Waals surface area contributed by atoms with E-state index in [0.29, 0.717) is 18.9 Å². The van der Waals surface area contributed by atoms with Gasteiger partial charge in [-0.25, -0.2) is 0 Å². The summed E-state index contributed by atoms with van der Waals surface area (Å²) in [4.78, 5) is 0. The molecule has 0 aromatic heterocycles. The number of aliphatic hydroxyl groups is 1. The van der Waals surface area contributed by atoms with E-state index in [0.717, 1.165) is 0 Å². The minimum absolute atomic E-state index is 0. The molecule has 0 aromatic carbocycles. The van der Waals surface area contributed by atoms with Gasteiger partial charge >= 0.3 is 18.9 Å². The van der Waals surface area contributed by atoms with E-state index < -0.39 is 6.29 Å². The largest absolute Gasteiger partial charge is 1.00 e. The van der Waals surface area contributed by atoms with Crippen LogP contribution in [0.4, 0.5) is 0 Å². The molecule has 2 nitrogen and oxygen atoms in total. The van der Waals surface area contributed by atoms with Crippen molar-refractivity contribution in [2.24, 2.45) is 17.3 Å². The summed E-state index contributed by atoms with van der Waals surface area (Å²) in [6, 6.07) is 0. The Balaban J connectivity index is 0. The van der Waals surface area contributed by atoms with Gasteiger partial charge < -0.3 is 16.8 Å². The van der Waals surface area contributed by atoms with Crippen molar-refractivity contribution in [3.8, 4) is 0 Å². The van der Waals surface area contributed by atoms with Crippen molar-refractivity contribution in [3.63, 3.8) is 0 Å². The molecule has 0 heterocycles. The maximum atomic E-state index is 9.57. The van der Waals surface area contributed by atoms with Gasteiger partial charge in [0.15, 0.2) is 6.29 Å². The first kappa shape index (κ1) is 17.9. The van der Waals surface area contributed by atoms with Gasteiger partial charge in [0.05, 0.1) is 6.61 Å². The first-order valence-corrected chi connectivity index (χ1v) is 5.35. The number of ether oxygens (including phenoxy) is 1. The summed E-state index contributed by atoms with van der Waals surface area (Å²) >= 11 is 0. The monoisotopic (exact) mass is 208 g/mol. The topological polar surface area (TPSA) is 29.5 Å². The fourth-order valence-electron chi connectivity index (χ4n) is 0.945. The summed E-state index contributed by atoms with van der Waals surface area (Å²) in [6.07, 6.45) is -0.0487. The molecule has 0 radical (unpaired) electrons. The summed E-state index contributed by atoms with van der Waals surface area (Å²) in [6.45, 7) is 15.0. The molecule has 0 bridgehead atoms. The second kappa shape index (κ2) is 7.74. The summed E-state index contributed by atoms with van der Waals surface area (Å²) in [5.41, 5.74) is 0.107. The summed E-state index contributed by atoms with van der Waals surface area (Å²) in [5, 5.41) is 9.57. The van der Waals surface area contributed by atoms with Gasteiger partial charge in [0, 0.05) is 0 Å². The van der Waals surface area contributed by atoms with Crippen LogP contribution in [-0.2, 0) is 4.74 Å². The average molecular weight is 208 g/mol. The van der Waals surface area contributed by atoms with Crippen LogP contribution in [0.1, 0.15) is 41.0 Å². The van der Waals surface area contributed by atoms with Gasteiger partial charge in [-0.2, -0.15) is 5.92 Å². The Labute approximate surface area is 107 Å². The predicted molar refractivity (Wildman–Crippen MR) is 59.7 cm³/mol. The fraction of sp³-hybridized carbons (Fsp3) is 0.917. The van der Waals surface area contributed by atoms with Gasteiger partial charge in [0.25, 0.3) is 0 Å². The molecule has 0 rings (SSSR count). The van der Waals surface area contributed by atoms with Crippen LogP contribution in [0.3, 0.4) is 0 Å². The fourth-order valence-corrected chi connectivity index (χ4v) is 0.945. The minimum Gasteiger partial charge on any atom is -0.368 e. The molecule has 0 saturated carbocycles. The van der Waals surface area contributed by atoms with Gasteiger partial charge in [-0.05, 0) is 11.8 Å². The van der Waals surface area contributed by atoms with Gasteiger partial charge in [-0.3, -0.25) is 0 Å². The molecule has 1 N–H and O–H groups in total. The van der Waals surface area contributed by atoms with Crippen molar-refractivity contribution < 1.29 is 28.7 Å². The second-order valence-electron chi connectivity index (χ2n) is 5.57. The SMILES string of the molecule is [CH2-]C(CC(O)OCC(C)(C)C)C(C)C.[Li+]. The number of hydrogen-bond acceptors (Lipinski definition) is 2. The Morgan fingerprint density at radius 3 is 2.07 bits per heavy atom. The van der Waals surface area contributed by atoms with Gasteiger partial charge in [0.2, 0.25) is 0 Å². The molecule has 0 saturated heterocycles. The van der Waals surface area contributed by atoms with E-state index >= 15 is 0 Å². The molecule has 0 aliphatic heterocycles. The zero-order valence-corrected chi connectivity index (χ0v) is 11.2. The van der Waals surface area contributed by atoms with Crippen molar-refractivity contribution in [3.05, 3.63) is 6.92 Å². The third-order valence-corrected chi connectivity index (χ3v) is 2.16. The van der Waals surface area contributed by atoms with Crippen molar-refractivity contribution in [2.45, 2.75) is 47.3 Å². The first-order chi connectivity index (χ1) is 6.22. The van der Waals surface area contributed by atoms with Gasteiger partial charge in [0.1, 0.15) is 0 Å². The number of hydrogen-bond donors (Lipinski definition) is 1. The maximum absolute atomic E-state index is 9.57. The molecule has 86 valence electrons. The molecule has 2 unspecified atom stereocenters. The molecule has 0 spiro atoms. The van der Waals surface area contributed by atoms with Crippen LogP contribution in [0, 0.1) is 24.2 Å². The van der Waals surface area contributed by atoms with E-state index in [-0.39, 0.29) is 30.2 Å². The van der Waals surface area contributed by atoms with E-state index in [4.69, 9.17) is 4.74 Å². The standard InChI is InChI=1S/C12H25O2.Li/c1-9(2)10(3)7-11(13)14-8-12(4,5)6;/h9-11,13H,3,7-8H2,1-2,4-6H3;/q-1;+1. The third kappa shape index (κ3) is 10.8. The smallest absolute Gasteiger partial charge is 0.368 e. The average Bonchev–Trinajstić information content (AvgIpc) is 1.99. The van der Waals surface area contributed by atoms with Crippen LogP contribution in [0.2, 0.25) is 0 Å². The molecular formula is C12H25LiO2. The minimum atomic E-state index is -0.667.